The lowest BCUT2D eigenvalue weighted by molar-refractivity contribution is 0.199. The number of halogens is 1. The topological polar surface area (TPSA) is 27.7 Å². The van der Waals surface area contributed by atoms with Crippen molar-refractivity contribution in [1.82, 2.24) is 0 Å². The van der Waals surface area contributed by atoms with Crippen LogP contribution in [0.25, 0.3) is 0 Å². The molecule has 0 heterocycles. The highest BCUT2D eigenvalue weighted by molar-refractivity contribution is 7.42. The predicted octanol–water partition coefficient (Wildman–Crippen LogP) is 6.36. The number of hydrogen-bond acceptors (Lipinski definition) is 3. The lowest BCUT2D eigenvalue weighted by atomic mass is 10.3. The predicted molar refractivity (Wildman–Crippen MR) is 90.0 cm³/mol. The third-order valence-corrected chi connectivity index (χ3v) is 4.34. The van der Waals surface area contributed by atoms with Crippen LogP contribution in [0.15, 0.2) is 24.3 Å². The van der Waals surface area contributed by atoms with Crippen molar-refractivity contribution < 1.29 is 13.6 Å². The Labute approximate surface area is 134 Å². The zero-order valence-electron chi connectivity index (χ0n) is 13.0. The molecular weight excluding hydrogens is 307 g/mol. The van der Waals surface area contributed by atoms with Gasteiger partial charge >= 0.3 is 8.60 Å². The molecule has 1 aromatic carbocycles. The summed E-state index contributed by atoms with van der Waals surface area (Å²) in [5, 5.41) is 0.583. The van der Waals surface area contributed by atoms with Gasteiger partial charge in [0.05, 0.1) is 18.2 Å². The molecule has 1 rings (SSSR count). The smallest absolute Gasteiger partial charge is 0.397 e. The van der Waals surface area contributed by atoms with Crippen LogP contribution in [-0.4, -0.2) is 13.2 Å². The average molecular weight is 333 g/mol. The molecule has 0 bridgehead atoms. The fourth-order valence-corrected chi connectivity index (χ4v) is 2.96. The van der Waals surface area contributed by atoms with E-state index in [4.69, 9.17) is 25.2 Å². The minimum atomic E-state index is -1.37. The summed E-state index contributed by atoms with van der Waals surface area (Å²) in [6.45, 7) is 5.67. The maximum Gasteiger partial charge on any atom is 0.397 e. The summed E-state index contributed by atoms with van der Waals surface area (Å²) in [5.74, 6) is 0.622. The highest BCUT2D eigenvalue weighted by Crippen LogP contribution is 2.43. The second-order valence-electron chi connectivity index (χ2n) is 4.83. The van der Waals surface area contributed by atoms with E-state index in [1.165, 1.54) is 12.8 Å². The highest BCUT2D eigenvalue weighted by Gasteiger charge is 2.16. The molecule has 0 fully saturated rings. The summed E-state index contributed by atoms with van der Waals surface area (Å²) in [5.41, 5.74) is 0. The van der Waals surface area contributed by atoms with Gasteiger partial charge in [0.25, 0.3) is 0 Å². The highest BCUT2D eigenvalue weighted by atomic mass is 35.5. The minimum absolute atomic E-state index is 0.583. The molecule has 0 radical (unpaired) electrons. The van der Waals surface area contributed by atoms with Gasteiger partial charge in [-0.25, -0.2) is 0 Å². The number of para-hydroxylation sites is 1. The van der Waals surface area contributed by atoms with Gasteiger partial charge in [-0.3, -0.25) is 0 Å². The van der Waals surface area contributed by atoms with Crippen molar-refractivity contribution in [3.8, 4) is 5.75 Å². The van der Waals surface area contributed by atoms with Gasteiger partial charge in [-0.2, -0.15) is 0 Å². The molecule has 0 saturated carbocycles. The van der Waals surface area contributed by atoms with E-state index in [2.05, 4.69) is 13.8 Å². The van der Waals surface area contributed by atoms with Crippen LogP contribution in [0.3, 0.4) is 0 Å². The van der Waals surface area contributed by atoms with E-state index in [9.17, 15) is 0 Å². The average Bonchev–Trinajstić information content (AvgIpc) is 2.50. The van der Waals surface area contributed by atoms with Crippen molar-refractivity contribution in [1.29, 1.82) is 0 Å². The Kier molecular flexibility index (Phi) is 10.9. The second-order valence-corrected chi connectivity index (χ2v) is 6.38. The van der Waals surface area contributed by atoms with Gasteiger partial charge in [0.2, 0.25) is 0 Å². The molecule has 0 aliphatic heterocycles. The van der Waals surface area contributed by atoms with Gasteiger partial charge in [0, 0.05) is 0 Å². The zero-order chi connectivity index (χ0) is 15.3. The molecule has 0 aromatic heterocycles. The summed E-state index contributed by atoms with van der Waals surface area (Å²) in [6, 6.07) is 7.41. The van der Waals surface area contributed by atoms with Crippen molar-refractivity contribution in [3.63, 3.8) is 0 Å². The zero-order valence-corrected chi connectivity index (χ0v) is 14.7. The molecule has 120 valence electrons. The minimum Gasteiger partial charge on any atom is -0.425 e. The number of benzene rings is 1. The van der Waals surface area contributed by atoms with E-state index >= 15 is 0 Å². The molecule has 0 atom stereocenters. The largest absolute Gasteiger partial charge is 0.425 e. The molecule has 21 heavy (non-hydrogen) atoms. The SMILES string of the molecule is CCCCCOP(OCCCCC)Oc1ccccc1Cl. The van der Waals surface area contributed by atoms with Crippen molar-refractivity contribution in [2.24, 2.45) is 0 Å². The van der Waals surface area contributed by atoms with E-state index in [0.29, 0.717) is 24.0 Å². The summed E-state index contributed by atoms with van der Waals surface area (Å²) in [7, 11) is -1.37. The van der Waals surface area contributed by atoms with E-state index in [0.717, 1.165) is 25.7 Å². The summed E-state index contributed by atoms with van der Waals surface area (Å²) < 4.78 is 17.3. The van der Waals surface area contributed by atoms with Crippen LogP contribution in [0.4, 0.5) is 0 Å². The number of rotatable bonds is 12. The molecule has 0 N–H and O–H groups in total. The lowest BCUT2D eigenvalue weighted by Gasteiger charge is -2.17. The van der Waals surface area contributed by atoms with Crippen molar-refractivity contribution in [2.75, 3.05) is 13.2 Å². The standard InChI is InChI=1S/C16H26ClO3P/c1-3-5-9-13-18-21(19-14-10-6-4-2)20-16-12-8-7-11-15(16)17/h7-8,11-12H,3-6,9-10,13-14H2,1-2H3. The third kappa shape index (κ3) is 8.63. The summed E-state index contributed by atoms with van der Waals surface area (Å²) in [6.07, 6.45) is 6.71. The van der Waals surface area contributed by atoms with Crippen LogP contribution in [-0.2, 0) is 9.05 Å². The van der Waals surface area contributed by atoms with Crippen LogP contribution in [0.1, 0.15) is 52.4 Å². The summed E-state index contributed by atoms with van der Waals surface area (Å²) >= 11 is 6.11. The first kappa shape index (κ1) is 18.7. The van der Waals surface area contributed by atoms with Gasteiger partial charge in [-0.15, -0.1) is 0 Å². The maximum absolute atomic E-state index is 6.11. The van der Waals surface area contributed by atoms with Crippen molar-refractivity contribution in [3.05, 3.63) is 29.3 Å². The quantitative estimate of drug-likeness (QED) is 0.329. The molecular formula is C16H26ClO3P. The first-order chi connectivity index (χ1) is 10.3. The number of hydrogen-bond donors (Lipinski definition) is 0. The Balaban J connectivity index is 2.44. The van der Waals surface area contributed by atoms with Gasteiger partial charge in [-0.1, -0.05) is 63.3 Å². The molecule has 3 nitrogen and oxygen atoms in total. The first-order valence-corrected chi connectivity index (χ1v) is 9.23. The Bertz CT molecular complexity index is 364. The van der Waals surface area contributed by atoms with Crippen LogP contribution in [0.2, 0.25) is 5.02 Å². The first-order valence-electron chi connectivity index (χ1n) is 7.76. The fraction of sp³-hybridized carbons (Fsp3) is 0.625. The van der Waals surface area contributed by atoms with E-state index < -0.39 is 8.60 Å². The molecule has 0 amide bonds. The van der Waals surface area contributed by atoms with E-state index in [1.807, 2.05) is 18.2 Å². The molecule has 0 unspecified atom stereocenters. The maximum atomic E-state index is 6.11. The third-order valence-electron chi connectivity index (χ3n) is 2.90. The van der Waals surface area contributed by atoms with E-state index in [-0.39, 0.29) is 0 Å². The Morgan fingerprint density at radius 3 is 2.00 bits per heavy atom. The number of unbranched alkanes of at least 4 members (excludes halogenated alkanes) is 4. The van der Waals surface area contributed by atoms with Gasteiger partial charge in [-0.05, 0) is 25.0 Å². The van der Waals surface area contributed by atoms with Gasteiger partial charge in [0.15, 0.2) is 0 Å². The fourth-order valence-electron chi connectivity index (χ4n) is 1.67. The van der Waals surface area contributed by atoms with Crippen molar-refractivity contribution in [2.45, 2.75) is 52.4 Å². The summed E-state index contributed by atoms with van der Waals surface area (Å²) in [4.78, 5) is 0. The Morgan fingerprint density at radius 2 is 1.48 bits per heavy atom. The van der Waals surface area contributed by atoms with Gasteiger partial charge in [0.1, 0.15) is 5.75 Å². The van der Waals surface area contributed by atoms with Crippen LogP contribution >= 0.6 is 20.2 Å². The van der Waals surface area contributed by atoms with Gasteiger partial charge < -0.3 is 13.6 Å². The second kappa shape index (κ2) is 12.2. The van der Waals surface area contributed by atoms with Crippen LogP contribution in [0, 0.1) is 0 Å². The Hall–Kier alpha value is -0.340. The van der Waals surface area contributed by atoms with Crippen LogP contribution in [0.5, 0.6) is 5.75 Å². The van der Waals surface area contributed by atoms with E-state index in [1.54, 1.807) is 6.07 Å². The molecule has 0 aliphatic carbocycles. The molecule has 0 saturated heterocycles. The molecule has 1 aromatic rings. The van der Waals surface area contributed by atoms with Crippen LogP contribution < -0.4 is 4.52 Å². The molecule has 0 aliphatic rings. The normalized spacial score (nSPS) is 11.0. The monoisotopic (exact) mass is 332 g/mol. The van der Waals surface area contributed by atoms with Crippen molar-refractivity contribution >= 4 is 20.2 Å². The Morgan fingerprint density at radius 1 is 0.905 bits per heavy atom. The molecule has 0 spiro atoms. The molecule has 5 heteroatoms. The lowest BCUT2D eigenvalue weighted by Crippen LogP contribution is -2.01.